The van der Waals surface area contributed by atoms with Crippen LogP contribution >= 0.6 is 23.2 Å². The third-order valence-electron chi connectivity index (χ3n) is 4.15. The maximum Gasteiger partial charge on any atom is 0.271 e. The highest BCUT2D eigenvalue weighted by Gasteiger charge is 2.07. The molecule has 3 rings (SSSR count). The zero-order valence-electron chi connectivity index (χ0n) is 15.9. The van der Waals surface area contributed by atoms with Gasteiger partial charge in [-0.05, 0) is 48.5 Å². The molecule has 0 unspecified atom stereocenters. The lowest BCUT2D eigenvalue weighted by Crippen LogP contribution is -2.17. The second-order valence-corrected chi connectivity index (χ2v) is 6.99. The Kier molecular flexibility index (Phi) is 7.17. The van der Waals surface area contributed by atoms with Crippen molar-refractivity contribution in [1.82, 2.24) is 5.43 Å². The van der Waals surface area contributed by atoms with Crippen LogP contribution < -0.4 is 14.9 Å². The molecule has 0 fully saturated rings. The van der Waals surface area contributed by atoms with Crippen LogP contribution in [0, 0.1) is 0 Å². The molecule has 3 aromatic rings. The first-order valence-electron chi connectivity index (χ1n) is 8.84. The number of ether oxygens (including phenoxy) is 2. The van der Waals surface area contributed by atoms with Crippen molar-refractivity contribution >= 4 is 35.3 Å². The number of para-hydroxylation sites is 1. The van der Waals surface area contributed by atoms with E-state index in [-0.39, 0.29) is 12.4 Å². The number of amides is 1. The highest BCUT2D eigenvalue weighted by molar-refractivity contribution is 6.35. The minimum atomic E-state index is -0.402. The maximum atomic E-state index is 12.2. The van der Waals surface area contributed by atoms with Gasteiger partial charge in [0, 0.05) is 26.7 Å². The summed E-state index contributed by atoms with van der Waals surface area (Å²) in [5.41, 5.74) is 4.03. The van der Waals surface area contributed by atoms with Gasteiger partial charge in [-0.3, -0.25) is 4.79 Å². The van der Waals surface area contributed by atoms with Gasteiger partial charge in [0.1, 0.15) is 12.4 Å². The molecular formula is C22H18Cl2N2O4. The summed E-state index contributed by atoms with van der Waals surface area (Å²) < 4.78 is 10.7. The molecule has 2 N–H and O–H groups in total. The minimum Gasteiger partial charge on any atom is -0.504 e. The molecule has 3 aromatic carbocycles. The van der Waals surface area contributed by atoms with Gasteiger partial charge in [-0.1, -0.05) is 35.3 Å². The van der Waals surface area contributed by atoms with Crippen molar-refractivity contribution in [2.75, 3.05) is 7.11 Å². The summed E-state index contributed by atoms with van der Waals surface area (Å²) in [5, 5.41) is 15.0. The number of hydrogen-bond donors (Lipinski definition) is 2. The molecule has 0 heterocycles. The number of carbonyl (C=O) groups is 1. The van der Waals surface area contributed by atoms with E-state index >= 15 is 0 Å². The van der Waals surface area contributed by atoms with Crippen molar-refractivity contribution < 1.29 is 19.4 Å². The molecular weight excluding hydrogens is 427 g/mol. The molecule has 6 nitrogen and oxygen atoms in total. The Morgan fingerprint density at radius 1 is 1.13 bits per heavy atom. The Hall–Kier alpha value is -3.22. The van der Waals surface area contributed by atoms with Gasteiger partial charge >= 0.3 is 0 Å². The number of phenolic OH excluding ortho intramolecular Hbond substituents is 1. The molecule has 0 saturated heterocycles. The van der Waals surface area contributed by atoms with Gasteiger partial charge in [-0.2, -0.15) is 5.10 Å². The quantitative estimate of drug-likeness (QED) is 0.394. The van der Waals surface area contributed by atoms with E-state index in [0.29, 0.717) is 32.7 Å². The standard InChI is InChI=1S/C22H18Cl2N2O4/c1-29-20-4-2-3-15(21(20)27)12-25-26-22(28)14-6-9-18(10-7-14)30-13-16-5-8-17(23)11-19(16)24/h2-12,27H,13H2,1H3,(H,26,28)/b25-12-. The molecule has 8 heteroatoms. The fraction of sp³-hybridized carbons (Fsp3) is 0.0909. The first-order chi connectivity index (χ1) is 14.5. The number of carbonyl (C=O) groups excluding carboxylic acids is 1. The molecule has 0 aliphatic heterocycles. The van der Waals surface area contributed by atoms with Crippen LogP contribution in [0.25, 0.3) is 0 Å². The Balaban J connectivity index is 1.57. The summed E-state index contributed by atoms with van der Waals surface area (Å²) >= 11 is 12.0. The van der Waals surface area contributed by atoms with Gasteiger partial charge in [-0.25, -0.2) is 5.43 Å². The molecule has 30 heavy (non-hydrogen) atoms. The molecule has 0 saturated carbocycles. The highest BCUT2D eigenvalue weighted by atomic mass is 35.5. The van der Waals surface area contributed by atoms with Crippen LogP contribution in [0.1, 0.15) is 21.5 Å². The normalized spacial score (nSPS) is 10.8. The van der Waals surface area contributed by atoms with Crippen molar-refractivity contribution in [3.8, 4) is 17.2 Å². The third kappa shape index (κ3) is 5.43. The average molecular weight is 445 g/mol. The predicted octanol–water partition coefficient (Wildman–Crippen LogP) is 5.05. The molecule has 0 radical (unpaired) electrons. The topological polar surface area (TPSA) is 80.2 Å². The summed E-state index contributed by atoms with van der Waals surface area (Å²) in [4.78, 5) is 12.2. The molecule has 0 aliphatic rings. The number of phenols is 1. The van der Waals surface area contributed by atoms with E-state index in [2.05, 4.69) is 10.5 Å². The Labute approximate surface area is 183 Å². The van der Waals surface area contributed by atoms with E-state index in [9.17, 15) is 9.90 Å². The zero-order chi connectivity index (χ0) is 21.5. The van der Waals surface area contributed by atoms with E-state index in [0.717, 1.165) is 5.56 Å². The van der Waals surface area contributed by atoms with E-state index in [1.54, 1.807) is 60.7 Å². The Morgan fingerprint density at radius 2 is 1.90 bits per heavy atom. The first-order valence-corrected chi connectivity index (χ1v) is 9.59. The monoisotopic (exact) mass is 444 g/mol. The molecule has 0 atom stereocenters. The lowest BCUT2D eigenvalue weighted by molar-refractivity contribution is 0.0955. The van der Waals surface area contributed by atoms with Crippen LogP contribution in [0.3, 0.4) is 0 Å². The second-order valence-electron chi connectivity index (χ2n) is 6.15. The summed E-state index contributed by atoms with van der Waals surface area (Å²) in [6, 6.07) is 16.8. The van der Waals surface area contributed by atoms with E-state index < -0.39 is 5.91 Å². The van der Waals surface area contributed by atoms with Gasteiger partial charge in [-0.15, -0.1) is 0 Å². The van der Waals surface area contributed by atoms with E-state index in [1.165, 1.54) is 13.3 Å². The van der Waals surface area contributed by atoms with E-state index in [4.69, 9.17) is 32.7 Å². The highest BCUT2D eigenvalue weighted by Crippen LogP contribution is 2.28. The summed E-state index contributed by atoms with van der Waals surface area (Å²) in [5.74, 6) is 0.448. The summed E-state index contributed by atoms with van der Waals surface area (Å²) in [6.45, 7) is 0.274. The van der Waals surface area contributed by atoms with Crippen molar-refractivity contribution in [3.05, 3.63) is 87.4 Å². The van der Waals surface area contributed by atoms with E-state index in [1.807, 2.05) is 0 Å². The lowest BCUT2D eigenvalue weighted by atomic mass is 10.2. The molecule has 0 aliphatic carbocycles. The summed E-state index contributed by atoms with van der Waals surface area (Å²) in [6.07, 6.45) is 1.34. The summed E-state index contributed by atoms with van der Waals surface area (Å²) in [7, 11) is 1.45. The SMILES string of the molecule is COc1cccc(/C=N\NC(=O)c2ccc(OCc3ccc(Cl)cc3Cl)cc2)c1O. The van der Waals surface area contributed by atoms with Crippen molar-refractivity contribution in [2.24, 2.45) is 5.10 Å². The molecule has 0 spiro atoms. The number of halogens is 2. The van der Waals surface area contributed by atoms with Crippen molar-refractivity contribution in [2.45, 2.75) is 6.61 Å². The van der Waals surface area contributed by atoms with Crippen LogP contribution in [0.4, 0.5) is 0 Å². The van der Waals surface area contributed by atoms with Gasteiger partial charge in [0.25, 0.3) is 5.91 Å². The minimum absolute atomic E-state index is 0.0553. The van der Waals surface area contributed by atoms with Gasteiger partial charge < -0.3 is 14.6 Å². The number of methoxy groups -OCH3 is 1. The Bertz CT molecular complexity index is 1070. The number of aromatic hydroxyl groups is 1. The van der Waals surface area contributed by atoms with Gasteiger partial charge in [0.15, 0.2) is 11.5 Å². The molecule has 154 valence electrons. The zero-order valence-corrected chi connectivity index (χ0v) is 17.4. The van der Waals surface area contributed by atoms with Gasteiger partial charge in [0.05, 0.1) is 13.3 Å². The number of hydrazone groups is 1. The van der Waals surface area contributed by atoms with Crippen molar-refractivity contribution in [1.29, 1.82) is 0 Å². The molecule has 1 amide bonds. The Morgan fingerprint density at radius 3 is 2.60 bits per heavy atom. The fourth-order valence-corrected chi connectivity index (χ4v) is 3.00. The largest absolute Gasteiger partial charge is 0.504 e. The molecule has 0 aromatic heterocycles. The number of nitrogens with zero attached hydrogens (tertiary/aromatic N) is 1. The third-order valence-corrected chi connectivity index (χ3v) is 4.73. The fourth-order valence-electron chi connectivity index (χ4n) is 2.54. The number of rotatable bonds is 7. The van der Waals surface area contributed by atoms with Crippen LogP contribution in [0.15, 0.2) is 65.8 Å². The average Bonchev–Trinajstić information content (AvgIpc) is 2.74. The smallest absolute Gasteiger partial charge is 0.271 e. The van der Waals surface area contributed by atoms with Crippen LogP contribution in [-0.4, -0.2) is 24.3 Å². The first kappa shape index (κ1) is 21.5. The maximum absolute atomic E-state index is 12.2. The second kappa shape index (κ2) is 10.0. The number of benzene rings is 3. The number of nitrogens with one attached hydrogen (secondary N) is 1. The van der Waals surface area contributed by atoms with Gasteiger partial charge in [0.2, 0.25) is 0 Å². The van der Waals surface area contributed by atoms with Crippen molar-refractivity contribution in [3.63, 3.8) is 0 Å². The van der Waals surface area contributed by atoms with Crippen LogP contribution in [-0.2, 0) is 6.61 Å². The predicted molar refractivity (Wildman–Crippen MR) is 117 cm³/mol. The number of hydrogen-bond acceptors (Lipinski definition) is 5. The van der Waals surface area contributed by atoms with Crippen LogP contribution in [0.5, 0.6) is 17.2 Å². The molecule has 0 bridgehead atoms. The van der Waals surface area contributed by atoms with Crippen LogP contribution in [0.2, 0.25) is 10.0 Å². The lowest BCUT2D eigenvalue weighted by Gasteiger charge is -2.09.